The first kappa shape index (κ1) is 8.09. The number of rotatable bonds is 1. The molecule has 0 radical (unpaired) electrons. The van der Waals surface area contributed by atoms with Gasteiger partial charge in [0.2, 0.25) is 5.91 Å². The minimum Gasteiger partial charge on any atom is -0.341 e. The minimum absolute atomic E-state index is 0.183. The van der Waals surface area contributed by atoms with Crippen LogP contribution in [-0.2, 0) is 4.79 Å². The molecule has 2 rings (SSSR count). The lowest BCUT2D eigenvalue weighted by Gasteiger charge is -2.56. The highest BCUT2D eigenvalue weighted by molar-refractivity contribution is 5.79. The molecule has 0 aromatic heterocycles. The molecule has 1 saturated heterocycles. The highest BCUT2D eigenvalue weighted by Gasteiger charge is 2.48. The van der Waals surface area contributed by atoms with E-state index in [0.717, 1.165) is 13.1 Å². The van der Waals surface area contributed by atoms with E-state index in [1.54, 1.807) is 0 Å². The van der Waals surface area contributed by atoms with Gasteiger partial charge in [0.05, 0.1) is 0 Å². The molecule has 2 fully saturated rings. The molecule has 1 amide bonds. The standard InChI is InChI=1S/C10H17NO/c1-8(2)9(12)11-6-10(7-11)4-3-5-10/h8H,3-7H2,1-2H3. The van der Waals surface area contributed by atoms with Gasteiger partial charge in [-0.2, -0.15) is 0 Å². The lowest BCUT2D eigenvalue weighted by atomic mass is 9.63. The summed E-state index contributed by atoms with van der Waals surface area (Å²) in [6.07, 6.45) is 4.09. The fraction of sp³-hybridized carbons (Fsp3) is 0.900. The van der Waals surface area contributed by atoms with Crippen molar-refractivity contribution in [1.82, 2.24) is 4.90 Å². The number of amides is 1. The fourth-order valence-electron chi connectivity index (χ4n) is 2.28. The second-order valence-electron chi connectivity index (χ2n) is 4.70. The van der Waals surface area contributed by atoms with Crippen LogP contribution in [0.25, 0.3) is 0 Å². The zero-order valence-electron chi connectivity index (χ0n) is 7.97. The summed E-state index contributed by atoms with van der Waals surface area (Å²) in [5, 5.41) is 0. The second kappa shape index (κ2) is 2.48. The monoisotopic (exact) mass is 167 g/mol. The molecule has 1 heterocycles. The highest BCUT2D eigenvalue weighted by atomic mass is 16.2. The molecule has 1 spiro atoms. The van der Waals surface area contributed by atoms with E-state index in [9.17, 15) is 4.79 Å². The van der Waals surface area contributed by atoms with Crippen LogP contribution < -0.4 is 0 Å². The number of hydrogen-bond donors (Lipinski definition) is 0. The molecule has 0 unspecified atom stereocenters. The van der Waals surface area contributed by atoms with Crippen molar-refractivity contribution in [1.29, 1.82) is 0 Å². The molecule has 0 bridgehead atoms. The van der Waals surface area contributed by atoms with Crippen LogP contribution in [0.4, 0.5) is 0 Å². The Balaban J connectivity index is 1.84. The summed E-state index contributed by atoms with van der Waals surface area (Å²) in [5.41, 5.74) is 0.588. The third-order valence-corrected chi connectivity index (χ3v) is 3.27. The SMILES string of the molecule is CC(C)C(=O)N1CC2(CCC2)C1. The maximum absolute atomic E-state index is 11.5. The van der Waals surface area contributed by atoms with Gasteiger partial charge in [-0.1, -0.05) is 20.3 Å². The van der Waals surface area contributed by atoms with Crippen molar-refractivity contribution in [2.24, 2.45) is 11.3 Å². The van der Waals surface area contributed by atoms with Crippen LogP contribution in [0.2, 0.25) is 0 Å². The fourth-order valence-corrected chi connectivity index (χ4v) is 2.28. The topological polar surface area (TPSA) is 20.3 Å². The Morgan fingerprint density at radius 3 is 2.25 bits per heavy atom. The Labute approximate surface area is 73.9 Å². The van der Waals surface area contributed by atoms with Crippen LogP contribution in [-0.4, -0.2) is 23.9 Å². The van der Waals surface area contributed by atoms with E-state index in [1.807, 2.05) is 18.7 Å². The molecule has 0 N–H and O–H groups in total. The van der Waals surface area contributed by atoms with Crippen molar-refractivity contribution < 1.29 is 4.79 Å². The van der Waals surface area contributed by atoms with Gasteiger partial charge >= 0.3 is 0 Å². The zero-order valence-corrected chi connectivity index (χ0v) is 7.97. The minimum atomic E-state index is 0.183. The zero-order chi connectivity index (χ0) is 8.77. The third kappa shape index (κ3) is 1.05. The number of nitrogens with zero attached hydrogens (tertiary/aromatic N) is 1. The summed E-state index contributed by atoms with van der Waals surface area (Å²) >= 11 is 0. The summed E-state index contributed by atoms with van der Waals surface area (Å²) < 4.78 is 0. The van der Waals surface area contributed by atoms with Gasteiger partial charge in [-0.3, -0.25) is 4.79 Å². The number of carbonyl (C=O) groups excluding carboxylic acids is 1. The molecule has 1 aliphatic carbocycles. The highest BCUT2D eigenvalue weighted by Crippen LogP contribution is 2.48. The summed E-state index contributed by atoms with van der Waals surface area (Å²) in [5.74, 6) is 0.523. The van der Waals surface area contributed by atoms with Crippen molar-refractivity contribution in [3.63, 3.8) is 0 Å². The summed E-state index contributed by atoms with van der Waals surface area (Å²) in [4.78, 5) is 13.5. The Hall–Kier alpha value is -0.530. The molecule has 68 valence electrons. The van der Waals surface area contributed by atoms with Crippen molar-refractivity contribution in [3.8, 4) is 0 Å². The van der Waals surface area contributed by atoms with Crippen molar-refractivity contribution in [2.45, 2.75) is 33.1 Å². The quantitative estimate of drug-likeness (QED) is 0.581. The van der Waals surface area contributed by atoms with Crippen LogP contribution in [0.1, 0.15) is 33.1 Å². The normalized spacial score (nSPS) is 25.4. The molecular formula is C10H17NO. The molecule has 1 aliphatic heterocycles. The molecule has 1 saturated carbocycles. The van der Waals surface area contributed by atoms with Crippen molar-refractivity contribution in [3.05, 3.63) is 0 Å². The van der Waals surface area contributed by atoms with Crippen LogP contribution in [0, 0.1) is 11.3 Å². The first-order chi connectivity index (χ1) is 5.63. The molecule has 2 aliphatic rings. The van der Waals surface area contributed by atoms with Gasteiger partial charge < -0.3 is 4.90 Å². The largest absolute Gasteiger partial charge is 0.341 e. The maximum Gasteiger partial charge on any atom is 0.225 e. The van der Waals surface area contributed by atoms with Crippen LogP contribution in [0.15, 0.2) is 0 Å². The second-order valence-corrected chi connectivity index (χ2v) is 4.70. The average molecular weight is 167 g/mol. The first-order valence-electron chi connectivity index (χ1n) is 4.92. The lowest BCUT2D eigenvalue weighted by Crippen LogP contribution is -2.62. The van der Waals surface area contributed by atoms with Crippen molar-refractivity contribution in [2.75, 3.05) is 13.1 Å². The van der Waals surface area contributed by atoms with Gasteiger partial charge in [-0.25, -0.2) is 0 Å². The average Bonchev–Trinajstić information content (AvgIpc) is 1.80. The summed E-state index contributed by atoms with van der Waals surface area (Å²) in [7, 11) is 0. The van der Waals surface area contributed by atoms with Crippen molar-refractivity contribution >= 4 is 5.91 Å². The molecule has 2 nitrogen and oxygen atoms in total. The number of carbonyl (C=O) groups is 1. The van der Waals surface area contributed by atoms with E-state index in [0.29, 0.717) is 11.3 Å². The Kier molecular flexibility index (Phi) is 1.67. The number of hydrogen-bond acceptors (Lipinski definition) is 1. The van der Waals surface area contributed by atoms with E-state index in [2.05, 4.69) is 0 Å². The van der Waals surface area contributed by atoms with E-state index < -0.39 is 0 Å². The Morgan fingerprint density at radius 2 is 1.92 bits per heavy atom. The lowest BCUT2D eigenvalue weighted by molar-refractivity contribution is -0.152. The molecule has 0 atom stereocenters. The third-order valence-electron chi connectivity index (χ3n) is 3.27. The van der Waals surface area contributed by atoms with Gasteiger partial charge in [-0.05, 0) is 12.8 Å². The van der Waals surface area contributed by atoms with Gasteiger partial charge in [-0.15, -0.1) is 0 Å². The Bertz CT molecular complexity index is 198. The predicted molar refractivity (Wildman–Crippen MR) is 47.7 cm³/mol. The van der Waals surface area contributed by atoms with Gasteiger partial charge in [0.15, 0.2) is 0 Å². The van der Waals surface area contributed by atoms with Gasteiger partial charge in [0.1, 0.15) is 0 Å². The molecule has 2 heteroatoms. The summed E-state index contributed by atoms with van der Waals surface area (Å²) in [6, 6.07) is 0. The van der Waals surface area contributed by atoms with E-state index >= 15 is 0 Å². The van der Waals surface area contributed by atoms with E-state index in [4.69, 9.17) is 0 Å². The molecule has 0 aromatic carbocycles. The first-order valence-corrected chi connectivity index (χ1v) is 4.92. The molecule has 0 aromatic rings. The molecular weight excluding hydrogens is 150 g/mol. The van der Waals surface area contributed by atoms with Crippen LogP contribution in [0.3, 0.4) is 0 Å². The molecule has 12 heavy (non-hydrogen) atoms. The smallest absolute Gasteiger partial charge is 0.225 e. The van der Waals surface area contributed by atoms with Crippen LogP contribution in [0.5, 0.6) is 0 Å². The Morgan fingerprint density at radius 1 is 1.33 bits per heavy atom. The van der Waals surface area contributed by atoms with E-state index in [1.165, 1.54) is 19.3 Å². The van der Waals surface area contributed by atoms with Crippen LogP contribution >= 0.6 is 0 Å². The maximum atomic E-state index is 11.5. The predicted octanol–water partition coefficient (Wildman–Crippen LogP) is 1.65. The van der Waals surface area contributed by atoms with Gasteiger partial charge in [0, 0.05) is 24.4 Å². The van der Waals surface area contributed by atoms with Gasteiger partial charge in [0.25, 0.3) is 0 Å². The number of likely N-dealkylation sites (tertiary alicyclic amines) is 1. The summed E-state index contributed by atoms with van der Waals surface area (Å²) in [6.45, 7) is 6.05. The van der Waals surface area contributed by atoms with E-state index in [-0.39, 0.29) is 5.92 Å².